The molecule has 15 heteroatoms. The summed E-state index contributed by atoms with van der Waals surface area (Å²) in [6.07, 6.45) is -5.37. The molecule has 0 radical (unpaired) electrons. The lowest BCUT2D eigenvalue weighted by Gasteiger charge is -2.19. The summed E-state index contributed by atoms with van der Waals surface area (Å²) >= 11 is 0. The van der Waals surface area contributed by atoms with Crippen molar-refractivity contribution in [1.82, 2.24) is 24.8 Å². The summed E-state index contributed by atoms with van der Waals surface area (Å²) in [6.45, 7) is 0.946. The van der Waals surface area contributed by atoms with E-state index in [1.807, 2.05) is 48.5 Å². The van der Waals surface area contributed by atoms with E-state index >= 15 is 0 Å². The first-order valence-corrected chi connectivity index (χ1v) is 14.1. The van der Waals surface area contributed by atoms with E-state index in [-0.39, 0.29) is 19.0 Å². The van der Waals surface area contributed by atoms with Crippen LogP contribution in [0.5, 0.6) is 0 Å². The molecule has 5 rings (SSSR count). The lowest BCUT2D eigenvalue weighted by atomic mass is 10.1. The number of benzene rings is 3. The predicted molar refractivity (Wildman–Crippen MR) is 163 cm³/mol. The van der Waals surface area contributed by atoms with Gasteiger partial charge in [0.2, 0.25) is 0 Å². The van der Waals surface area contributed by atoms with Crippen LogP contribution >= 0.6 is 0 Å². The maximum atomic E-state index is 12.9. The van der Waals surface area contributed by atoms with Crippen LogP contribution in [0.3, 0.4) is 0 Å². The molecule has 2 aromatic heterocycles. The van der Waals surface area contributed by atoms with E-state index in [9.17, 15) is 32.3 Å². The Balaban J connectivity index is 1.28. The number of aryl methyl sites for hydroxylation is 1. The fraction of sp³-hybridized carbons (Fsp3) is 0.188. The number of amides is 1. The lowest BCUT2D eigenvalue weighted by Crippen LogP contribution is -2.48. The highest BCUT2D eigenvalue weighted by atomic mass is 19.4. The van der Waals surface area contributed by atoms with E-state index in [1.54, 1.807) is 37.3 Å². The molecule has 5 aromatic rings. The summed E-state index contributed by atoms with van der Waals surface area (Å²) in [4.78, 5) is 61.1. The maximum absolute atomic E-state index is 12.9. The fourth-order valence-corrected chi connectivity index (χ4v) is 4.51. The van der Waals surface area contributed by atoms with Crippen LogP contribution in [0.2, 0.25) is 0 Å². The minimum absolute atomic E-state index is 0.210. The number of hydrogen-bond acceptors (Lipinski definition) is 9. The second-order valence-corrected chi connectivity index (χ2v) is 10.3. The van der Waals surface area contributed by atoms with Crippen LogP contribution in [0.25, 0.3) is 22.4 Å². The highest BCUT2D eigenvalue weighted by Crippen LogP contribution is 2.22. The van der Waals surface area contributed by atoms with Gasteiger partial charge in [0.15, 0.2) is 0 Å². The number of anilines is 1. The number of ether oxygens (including phenoxy) is 2. The molecular formula is C32H27F3N6O6. The predicted octanol–water partition coefficient (Wildman–Crippen LogP) is 4.63. The Labute approximate surface area is 264 Å². The first-order chi connectivity index (χ1) is 22.5. The minimum atomic E-state index is -5.47. The average Bonchev–Trinajstić information content (AvgIpc) is 3.49. The first kappa shape index (κ1) is 32.4. The number of alkyl halides is 3. The normalized spacial score (nSPS) is 11.9. The van der Waals surface area contributed by atoms with Gasteiger partial charge in [-0.3, -0.25) is 4.57 Å². The number of imidazole rings is 1. The molecule has 242 valence electrons. The van der Waals surface area contributed by atoms with Crippen LogP contribution in [0.15, 0.2) is 89.9 Å². The second-order valence-electron chi connectivity index (χ2n) is 10.3. The molecular weight excluding hydrogens is 621 g/mol. The van der Waals surface area contributed by atoms with Crippen molar-refractivity contribution in [1.29, 1.82) is 0 Å². The third kappa shape index (κ3) is 8.39. The Bertz CT molecular complexity index is 1940. The standard InChI is InChI=1S/C32H27F3N6O6/c1-19-16-41(17-25(28(42)47-29(43)32(33,34)35)39-31(45)46-18-20-8-3-2-4-9-20)30(44)40-26(19)36-15-21-10-7-11-22(14-21)27-37-23-12-5-6-13-24(23)38-27/h2-14,16,25H,15,17-18H2,1H3,(H,37,38)(H,39,45)(H,36,40,44)/t25-/m0/s1. The third-order valence-electron chi connectivity index (χ3n) is 6.82. The van der Waals surface area contributed by atoms with Crippen molar-refractivity contribution >= 4 is 34.9 Å². The number of hydrogen-bond donors (Lipinski definition) is 3. The van der Waals surface area contributed by atoms with Crippen molar-refractivity contribution in [3.8, 4) is 11.4 Å². The Morgan fingerprint density at radius 3 is 2.43 bits per heavy atom. The molecule has 0 aliphatic heterocycles. The summed E-state index contributed by atoms with van der Waals surface area (Å²) in [5, 5.41) is 5.14. The molecule has 0 aliphatic carbocycles. The van der Waals surface area contributed by atoms with Gasteiger partial charge >= 0.3 is 29.9 Å². The number of esters is 2. The SMILES string of the molecule is Cc1cn(C[C@H](NC(=O)OCc2ccccc2)C(=O)OC(=O)C(F)(F)F)c(=O)nc1NCc1cccc(-c2nc3ccccc3[nH]2)c1. The number of alkyl carbamates (subject to hydrolysis) is 1. The zero-order valence-electron chi connectivity index (χ0n) is 24.7. The zero-order chi connectivity index (χ0) is 33.6. The molecule has 0 spiro atoms. The number of carbonyl (C=O) groups excluding carboxylic acids is 3. The third-order valence-corrected chi connectivity index (χ3v) is 6.82. The summed E-state index contributed by atoms with van der Waals surface area (Å²) in [7, 11) is 0. The van der Waals surface area contributed by atoms with E-state index in [2.05, 4.69) is 30.3 Å². The van der Waals surface area contributed by atoms with E-state index in [0.29, 0.717) is 17.0 Å². The molecule has 0 bridgehead atoms. The van der Waals surface area contributed by atoms with Gasteiger partial charge in [0.1, 0.15) is 24.3 Å². The number of nitrogens with one attached hydrogen (secondary N) is 3. The second kappa shape index (κ2) is 14.0. The minimum Gasteiger partial charge on any atom is -0.445 e. The molecule has 1 atom stereocenters. The van der Waals surface area contributed by atoms with Crippen LogP contribution in [0, 0.1) is 6.92 Å². The van der Waals surface area contributed by atoms with Crippen molar-refractivity contribution in [2.24, 2.45) is 0 Å². The summed E-state index contributed by atoms with van der Waals surface area (Å²) in [5.74, 6) is -3.63. The van der Waals surface area contributed by atoms with Gasteiger partial charge in [-0.2, -0.15) is 18.2 Å². The number of nitrogens with zero attached hydrogens (tertiary/aromatic N) is 3. The number of para-hydroxylation sites is 2. The smallest absolute Gasteiger partial charge is 0.445 e. The first-order valence-electron chi connectivity index (χ1n) is 14.1. The van der Waals surface area contributed by atoms with Gasteiger partial charge in [-0.25, -0.2) is 24.2 Å². The zero-order valence-corrected chi connectivity index (χ0v) is 24.7. The molecule has 1 amide bonds. The largest absolute Gasteiger partial charge is 0.491 e. The Hall–Kier alpha value is -5.99. The van der Waals surface area contributed by atoms with Crippen LogP contribution in [-0.4, -0.2) is 49.8 Å². The number of rotatable bonds is 10. The Kier molecular flexibility index (Phi) is 9.63. The van der Waals surface area contributed by atoms with E-state index < -0.39 is 42.5 Å². The summed E-state index contributed by atoms with van der Waals surface area (Å²) in [6, 6.07) is 21.7. The summed E-state index contributed by atoms with van der Waals surface area (Å²) in [5.41, 5.74) is 3.55. The van der Waals surface area contributed by atoms with E-state index in [4.69, 9.17) is 4.74 Å². The quantitative estimate of drug-likeness (QED) is 0.145. The van der Waals surface area contributed by atoms with Crippen molar-refractivity contribution in [3.63, 3.8) is 0 Å². The van der Waals surface area contributed by atoms with E-state index in [1.165, 1.54) is 6.20 Å². The molecule has 0 saturated carbocycles. The molecule has 0 unspecified atom stereocenters. The van der Waals surface area contributed by atoms with Crippen molar-refractivity contribution < 1.29 is 37.0 Å². The van der Waals surface area contributed by atoms with Gasteiger partial charge in [0.05, 0.1) is 17.6 Å². The molecule has 2 heterocycles. The highest BCUT2D eigenvalue weighted by molar-refractivity contribution is 5.92. The Morgan fingerprint density at radius 1 is 0.957 bits per heavy atom. The van der Waals surface area contributed by atoms with Crippen LogP contribution in [0.4, 0.5) is 23.8 Å². The molecule has 3 aromatic carbocycles. The molecule has 0 saturated heterocycles. The maximum Gasteiger partial charge on any atom is 0.491 e. The van der Waals surface area contributed by atoms with Crippen LogP contribution < -0.4 is 16.3 Å². The van der Waals surface area contributed by atoms with Gasteiger partial charge in [-0.05, 0) is 36.2 Å². The lowest BCUT2D eigenvalue weighted by molar-refractivity contribution is -0.202. The van der Waals surface area contributed by atoms with Crippen LogP contribution in [0.1, 0.15) is 16.7 Å². The van der Waals surface area contributed by atoms with Gasteiger partial charge < -0.3 is 25.1 Å². The fourth-order valence-electron chi connectivity index (χ4n) is 4.51. The van der Waals surface area contributed by atoms with Gasteiger partial charge in [-0.1, -0.05) is 60.7 Å². The average molecular weight is 649 g/mol. The van der Waals surface area contributed by atoms with Crippen molar-refractivity contribution in [2.45, 2.75) is 38.8 Å². The number of fused-ring (bicyclic) bond motifs is 1. The van der Waals surface area contributed by atoms with Crippen LogP contribution in [-0.2, 0) is 38.8 Å². The van der Waals surface area contributed by atoms with Gasteiger partial charge in [-0.15, -0.1) is 0 Å². The Morgan fingerprint density at radius 2 is 1.68 bits per heavy atom. The molecule has 0 aliphatic rings. The van der Waals surface area contributed by atoms with Gasteiger partial charge in [0, 0.05) is 23.9 Å². The highest BCUT2D eigenvalue weighted by Gasteiger charge is 2.43. The molecule has 0 fully saturated rings. The molecule has 47 heavy (non-hydrogen) atoms. The van der Waals surface area contributed by atoms with E-state index in [0.717, 1.165) is 26.7 Å². The topological polar surface area (TPSA) is 157 Å². The van der Waals surface area contributed by atoms with Crippen molar-refractivity contribution in [2.75, 3.05) is 5.32 Å². The number of aromatic nitrogens is 4. The number of halogens is 3. The van der Waals surface area contributed by atoms with Crippen molar-refractivity contribution in [3.05, 3.63) is 112 Å². The summed E-state index contributed by atoms with van der Waals surface area (Å²) < 4.78 is 48.1. The number of H-pyrrole nitrogens is 1. The number of aromatic amines is 1. The molecule has 3 N–H and O–H groups in total. The van der Waals surface area contributed by atoms with Gasteiger partial charge in [0.25, 0.3) is 0 Å². The molecule has 12 nitrogen and oxygen atoms in total. The monoisotopic (exact) mass is 648 g/mol. The number of carbonyl (C=O) groups is 3.